The summed E-state index contributed by atoms with van der Waals surface area (Å²) in [7, 11) is -3.59. The molecular weight excluding hydrogens is 392 g/mol. The van der Waals surface area contributed by atoms with Crippen molar-refractivity contribution in [1.29, 1.82) is 0 Å². The van der Waals surface area contributed by atoms with E-state index in [0.717, 1.165) is 17.4 Å². The molecule has 29 heavy (non-hydrogen) atoms. The monoisotopic (exact) mass is 428 g/mol. The SMILES string of the molecule is CC(C)(C)[Si](C)(C)O[C@@H]1C[C@@H](OCc2ccccc2)C(C=O)=C1C#C[Si](C)(C)C. The van der Waals surface area contributed by atoms with E-state index in [4.69, 9.17) is 9.16 Å². The van der Waals surface area contributed by atoms with Gasteiger partial charge < -0.3 is 9.16 Å². The highest BCUT2D eigenvalue weighted by atomic mass is 28.4. The Kier molecular flexibility index (Phi) is 7.50. The van der Waals surface area contributed by atoms with Crippen molar-refractivity contribution >= 4 is 22.7 Å². The predicted octanol–water partition coefficient (Wildman–Crippen LogP) is 5.74. The van der Waals surface area contributed by atoms with Gasteiger partial charge >= 0.3 is 0 Å². The second-order valence-corrected chi connectivity index (χ2v) is 19.9. The van der Waals surface area contributed by atoms with E-state index in [1.54, 1.807) is 0 Å². The summed E-state index contributed by atoms with van der Waals surface area (Å²) in [6, 6.07) is 10.1. The summed E-state index contributed by atoms with van der Waals surface area (Å²) < 4.78 is 12.9. The van der Waals surface area contributed by atoms with Gasteiger partial charge in [0.2, 0.25) is 0 Å². The molecule has 2 atom stereocenters. The molecule has 0 radical (unpaired) electrons. The van der Waals surface area contributed by atoms with Crippen LogP contribution in [0.4, 0.5) is 0 Å². The van der Waals surface area contributed by atoms with E-state index in [-0.39, 0.29) is 17.2 Å². The van der Waals surface area contributed by atoms with Gasteiger partial charge in [0, 0.05) is 17.6 Å². The van der Waals surface area contributed by atoms with Crippen LogP contribution in [0.3, 0.4) is 0 Å². The maximum atomic E-state index is 12.0. The van der Waals surface area contributed by atoms with E-state index in [1.165, 1.54) is 0 Å². The molecule has 5 heteroatoms. The zero-order chi connectivity index (χ0) is 21.9. The maximum Gasteiger partial charge on any atom is 0.192 e. The number of carbonyl (C=O) groups is 1. The van der Waals surface area contributed by atoms with Crippen LogP contribution >= 0.6 is 0 Å². The van der Waals surface area contributed by atoms with Gasteiger partial charge in [0.1, 0.15) is 14.4 Å². The van der Waals surface area contributed by atoms with Gasteiger partial charge in [-0.1, -0.05) is 76.7 Å². The number of aldehydes is 1. The van der Waals surface area contributed by atoms with E-state index < -0.39 is 16.4 Å². The average molecular weight is 429 g/mol. The van der Waals surface area contributed by atoms with Gasteiger partial charge in [-0.25, -0.2) is 0 Å². The van der Waals surface area contributed by atoms with Gasteiger partial charge in [0.25, 0.3) is 0 Å². The van der Waals surface area contributed by atoms with Crippen LogP contribution < -0.4 is 0 Å². The highest BCUT2D eigenvalue weighted by Gasteiger charge is 2.43. The molecule has 1 aromatic carbocycles. The largest absolute Gasteiger partial charge is 0.409 e. The lowest BCUT2D eigenvalue weighted by atomic mass is 10.1. The maximum absolute atomic E-state index is 12.0. The van der Waals surface area contributed by atoms with Gasteiger partial charge in [-0.3, -0.25) is 4.79 Å². The highest BCUT2D eigenvalue weighted by molar-refractivity contribution is 6.83. The molecule has 0 heterocycles. The number of hydrogen-bond acceptors (Lipinski definition) is 3. The van der Waals surface area contributed by atoms with Crippen molar-refractivity contribution in [3.8, 4) is 11.5 Å². The first-order valence-corrected chi connectivity index (χ1v) is 16.8. The van der Waals surface area contributed by atoms with E-state index >= 15 is 0 Å². The molecule has 0 saturated carbocycles. The molecule has 1 aliphatic carbocycles. The molecule has 0 fully saturated rings. The van der Waals surface area contributed by atoms with Crippen LogP contribution in [0.15, 0.2) is 41.5 Å². The Morgan fingerprint density at radius 3 is 2.21 bits per heavy atom. The van der Waals surface area contributed by atoms with Gasteiger partial charge in [-0.2, -0.15) is 0 Å². The Labute approximate surface area is 179 Å². The fraction of sp³-hybridized carbons (Fsp3) is 0.542. The topological polar surface area (TPSA) is 35.5 Å². The number of carbonyl (C=O) groups excluding carboxylic acids is 1. The summed E-state index contributed by atoms with van der Waals surface area (Å²) in [5, 5.41) is 0.0919. The number of benzene rings is 1. The van der Waals surface area contributed by atoms with E-state index in [9.17, 15) is 4.79 Å². The summed E-state index contributed by atoms with van der Waals surface area (Å²) in [6.07, 6.45) is 1.15. The third kappa shape index (κ3) is 6.51. The lowest BCUT2D eigenvalue weighted by molar-refractivity contribution is -0.106. The number of hydrogen-bond donors (Lipinski definition) is 0. The van der Waals surface area contributed by atoms with Crippen LogP contribution in [0.1, 0.15) is 32.8 Å². The molecular formula is C24H36O3Si2. The van der Waals surface area contributed by atoms with Crippen LogP contribution in [0.5, 0.6) is 0 Å². The number of ether oxygens (including phenoxy) is 1. The fourth-order valence-corrected chi connectivity index (χ4v) is 4.70. The predicted molar refractivity (Wildman–Crippen MR) is 126 cm³/mol. The molecule has 1 aromatic rings. The minimum Gasteiger partial charge on any atom is -0.409 e. The van der Waals surface area contributed by atoms with Crippen LogP contribution in [0.25, 0.3) is 0 Å². The molecule has 0 N–H and O–H groups in total. The Balaban J connectivity index is 2.33. The van der Waals surface area contributed by atoms with Crippen LogP contribution in [0, 0.1) is 11.5 Å². The Bertz CT molecular complexity index is 803. The molecule has 0 amide bonds. The van der Waals surface area contributed by atoms with Crippen molar-refractivity contribution < 1.29 is 14.0 Å². The minimum absolute atomic E-state index is 0.0919. The molecule has 0 saturated heterocycles. The first-order chi connectivity index (χ1) is 13.3. The zero-order valence-electron chi connectivity index (χ0n) is 19.3. The standard InChI is InChI=1S/C24H36O3Si2/c1-24(2,3)29(7,8)27-23-16-22(26-18-19-12-10-9-11-13-19)21(17-25)20(23)14-15-28(4,5)6/h9-13,17,22-23H,16,18H2,1-8H3/t22-,23-/m1/s1. The third-order valence-electron chi connectivity index (χ3n) is 5.64. The van der Waals surface area contributed by atoms with Crippen molar-refractivity contribution in [2.75, 3.05) is 0 Å². The fourth-order valence-electron chi connectivity index (χ4n) is 2.91. The first-order valence-electron chi connectivity index (χ1n) is 10.4. The normalized spacial score (nSPS) is 20.4. The van der Waals surface area contributed by atoms with Crippen LogP contribution in [0.2, 0.25) is 37.8 Å². The van der Waals surface area contributed by atoms with E-state index in [0.29, 0.717) is 18.6 Å². The average Bonchev–Trinajstić information content (AvgIpc) is 2.93. The van der Waals surface area contributed by atoms with Gasteiger partial charge in [0.15, 0.2) is 8.32 Å². The molecule has 158 valence electrons. The second-order valence-electron chi connectivity index (χ2n) is 10.4. The quantitative estimate of drug-likeness (QED) is 0.329. The smallest absolute Gasteiger partial charge is 0.192 e. The molecule has 0 spiro atoms. The van der Waals surface area contributed by atoms with E-state index in [2.05, 4.69) is 65.0 Å². The summed E-state index contributed by atoms with van der Waals surface area (Å²) in [6.45, 7) is 18.3. The lowest BCUT2D eigenvalue weighted by Gasteiger charge is -2.38. The molecule has 0 aromatic heterocycles. The highest BCUT2D eigenvalue weighted by Crippen LogP contribution is 2.41. The summed E-state index contributed by atoms with van der Waals surface area (Å²) in [4.78, 5) is 12.0. The summed E-state index contributed by atoms with van der Waals surface area (Å²) >= 11 is 0. The van der Waals surface area contributed by atoms with Crippen molar-refractivity contribution in [3.63, 3.8) is 0 Å². The zero-order valence-corrected chi connectivity index (χ0v) is 21.3. The van der Waals surface area contributed by atoms with Crippen molar-refractivity contribution in [3.05, 3.63) is 47.0 Å². The first kappa shape index (κ1) is 23.8. The Morgan fingerprint density at radius 1 is 1.07 bits per heavy atom. The third-order valence-corrected chi connectivity index (χ3v) is 11.0. The summed E-state index contributed by atoms with van der Waals surface area (Å²) in [5.41, 5.74) is 6.03. The van der Waals surface area contributed by atoms with Crippen molar-refractivity contribution in [2.24, 2.45) is 0 Å². The van der Waals surface area contributed by atoms with Gasteiger partial charge in [0.05, 0.1) is 18.8 Å². The molecule has 0 aliphatic heterocycles. The molecule has 0 unspecified atom stereocenters. The summed E-state index contributed by atoms with van der Waals surface area (Å²) in [5.74, 6) is 3.35. The Hall–Kier alpha value is -1.46. The van der Waals surface area contributed by atoms with Crippen molar-refractivity contribution in [1.82, 2.24) is 0 Å². The minimum atomic E-state index is -2.01. The van der Waals surface area contributed by atoms with Crippen molar-refractivity contribution in [2.45, 2.75) is 83.8 Å². The molecule has 2 rings (SSSR count). The van der Waals surface area contributed by atoms with E-state index in [1.807, 2.05) is 30.3 Å². The molecule has 3 nitrogen and oxygen atoms in total. The number of rotatable bonds is 6. The second kappa shape index (κ2) is 9.13. The van der Waals surface area contributed by atoms with Gasteiger partial charge in [-0.05, 0) is 23.7 Å². The molecule has 0 bridgehead atoms. The van der Waals surface area contributed by atoms with Gasteiger partial charge in [-0.15, -0.1) is 5.54 Å². The van der Waals surface area contributed by atoms with Crippen LogP contribution in [-0.4, -0.2) is 34.9 Å². The van der Waals surface area contributed by atoms with Crippen LogP contribution in [-0.2, 0) is 20.6 Å². The lowest BCUT2D eigenvalue weighted by Crippen LogP contribution is -2.44. The Morgan fingerprint density at radius 2 is 1.69 bits per heavy atom. The molecule has 1 aliphatic rings.